The lowest BCUT2D eigenvalue weighted by Gasteiger charge is -2.44. The Bertz CT molecular complexity index is 896. The van der Waals surface area contributed by atoms with Crippen LogP contribution < -0.4 is 5.32 Å². The SMILES string of the molecule is CC(C)C1NC2(CCN(C(=O)S)CC2)N(Cc2ccccc2)C1=O.Fc1ccc(F)cc1. The molecule has 172 valence electrons. The fourth-order valence-corrected chi connectivity index (χ4v) is 4.37. The number of carbonyl (C=O) groups is 2. The molecule has 0 aliphatic carbocycles. The zero-order valence-electron chi connectivity index (χ0n) is 18.3. The van der Waals surface area contributed by atoms with Crippen molar-refractivity contribution in [3.8, 4) is 0 Å². The summed E-state index contributed by atoms with van der Waals surface area (Å²) >= 11 is 3.93. The van der Waals surface area contributed by atoms with Crippen LogP contribution in [0.1, 0.15) is 32.3 Å². The number of thiol groups is 1. The fourth-order valence-electron chi connectivity index (χ4n) is 4.17. The average Bonchev–Trinajstić information content (AvgIpc) is 3.04. The second-order valence-corrected chi connectivity index (χ2v) is 8.90. The molecule has 4 rings (SSSR count). The second kappa shape index (κ2) is 10.4. The first kappa shape index (κ1) is 24.2. The van der Waals surface area contributed by atoms with Crippen LogP contribution in [0.2, 0.25) is 0 Å². The molecule has 0 radical (unpaired) electrons. The van der Waals surface area contributed by atoms with Gasteiger partial charge in [-0.15, -0.1) is 0 Å². The molecular weight excluding hydrogens is 432 g/mol. The van der Waals surface area contributed by atoms with Gasteiger partial charge in [-0.1, -0.05) is 56.8 Å². The van der Waals surface area contributed by atoms with Crippen molar-refractivity contribution in [3.05, 3.63) is 71.8 Å². The summed E-state index contributed by atoms with van der Waals surface area (Å²) in [6.45, 7) is 5.99. The van der Waals surface area contributed by atoms with Crippen molar-refractivity contribution in [2.75, 3.05) is 13.1 Å². The first-order chi connectivity index (χ1) is 15.2. The molecule has 2 amide bonds. The van der Waals surface area contributed by atoms with E-state index in [0.717, 1.165) is 42.7 Å². The van der Waals surface area contributed by atoms with E-state index in [1.165, 1.54) is 0 Å². The van der Waals surface area contributed by atoms with Crippen LogP contribution in [-0.4, -0.2) is 45.7 Å². The van der Waals surface area contributed by atoms with E-state index in [0.29, 0.717) is 19.6 Å². The summed E-state index contributed by atoms with van der Waals surface area (Å²) in [7, 11) is 0. The molecule has 32 heavy (non-hydrogen) atoms. The molecule has 2 aromatic carbocycles. The summed E-state index contributed by atoms with van der Waals surface area (Å²) in [6, 6.07) is 14.2. The van der Waals surface area contributed by atoms with Crippen molar-refractivity contribution >= 4 is 23.8 Å². The summed E-state index contributed by atoms with van der Waals surface area (Å²) < 4.78 is 23.8. The minimum Gasteiger partial charge on any atom is -0.334 e. The lowest BCUT2D eigenvalue weighted by Crippen LogP contribution is -2.59. The number of hydrogen-bond donors (Lipinski definition) is 2. The Kier molecular flexibility index (Phi) is 7.90. The molecule has 1 N–H and O–H groups in total. The third-order valence-corrected chi connectivity index (χ3v) is 6.27. The molecule has 2 heterocycles. The van der Waals surface area contributed by atoms with Crippen molar-refractivity contribution in [1.29, 1.82) is 0 Å². The minimum absolute atomic E-state index is 0.160. The molecule has 0 saturated carbocycles. The van der Waals surface area contributed by atoms with Gasteiger partial charge < -0.3 is 9.80 Å². The van der Waals surface area contributed by atoms with Gasteiger partial charge in [0.05, 0.1) is 11.7 Å². The number of hydrogen-bond acceptors (Lipinski definition) is 3. The predicted molar refractivity (Wildman–Crippen MR) is 123 cm³/mol. The largest absolute Gasteiger partial charge is 0.334 e. The molecule has 2 aliphatic rings. The Labute approximate surface area is 193 Å². The first-order valence-corrected chi connectivity index (χ1v) is 11.2. The lowest BCUT2D eigenvalue weighted by atomic mass is 9.95. The van der Waals surface area contributed by atoms with Crippen LogP contribution in [0.5, 0.6) is 0 Å². The maximum atomic E-state index is 13.0. The molecule has 2 aliphatic heterocycles. The maximum absolute atomic E-state index is 13.0. The Hall–Kier alpha value is -2.45. The van der Waals surface area contributed by atoms with Gasteiger partial charge in [-0.2, -0.15) is 0 Å². The minimum atomic E-state index is -0.411. The number of nitrogens with one attached hydrogen (secondary N) is 1. The van der Waals surface area contributed by atoms with Crippen LogP contribution in [0.15, 0.2) is 54.6 Å². The van der Waals surface area contributed by atoms with E-state index in [1.807, 2.05) is 23.1 Å². The van der Waals surface area contributed by atoms with Gasteiger partial charge in [0.1, 0.15) is 11.6 Å². The van der Waals surface area contributed by atoms with E-state index < -0.39 is 11.6 Å². The van der Waals surface area contributed by atoms with Crippen molar-refractivity contribution in [2.24, 2.45) is 5.92 Å². The number of halogens is 2. The van der Waals surface area contributed by atoms with Gasteiger partial charge >= 0.3 is 0 Å². The fraction of sp³-hybridized carbons (Fsp3) is 0.417. The molecule has 8 heteroatoms. The van der Waals surface area contributed by atoms with Crippen molar-refractivity contribution in [3.63, 3.8) is 0 Å². The highest BCUT2D eigenvalue weighted by atomic mass is 32.1. The van der Waals surface area contributed by atoms with Crippen LogP contribution in [0.25, 0.3) is 0 Å². The van der Waals surface area contributed by atoms with Gasteiger partial charge in [0.15, 0.2) is 0 Å². The summed E-state index contributed by atoms with van der Waals surface area (Å²) in [5.74, 6) is -0.419. The predicted octanol–water partition coefficient (Wildman–Crippen LogP) is 4.45. The zero-order chi connectivity index (χ0) is 23.3. The van der Waals surface area contributed by atoms with Gasteiger partial charge in [0, 0.05) is 32.5 Å². The van der Waals surface area contributed by atoms with Gasteiger partial charge in [0.2, 0.25) is 5.91 Å². The Morgan fingerprint density at radius 3 is 2.06 bits per heavy atom. The lowest BCUT2D eigenvalue weighted by molar-refractivity contribution is -0.134. The van der Waals surface area contributed by atoms with Crippen LogP contribution in [0.3, 0.4) is 0 Å². The van der Waals surface area contributed by atoms with E-state index in [9.17, 15) is 18.4 Å². The van der Waals surface area contributed by atoms with Crippen LogP contribution in [-0.2, 0) is 11.3 Å². The van der Waals surface area contributed by atoms with E-state index in [-0.39, 0.29) is 28.8 Å². The molecule has 5 nitrogen and oxygen atoms in total. The Morgan fingerprint density at radius 1 is 1.06 bits per heavy atom. The highest BCUT2D eigenvalue weighted by Crippen LogP contribution is 2.35. The van der Waals surface area contributed by atoms with Gasteiger partial charge in [-0.3, -0.25) is 14.9 Å². The van der Waals surface area contributed by atoms with Gasteiger partial charge in [0.25, 0.3) is 5.24 Å². The quantitative estimate of drug-likeness (QED) is 0.664. The first-order valence-electron chi connectivity index (χ1n) is 10.7. The zero-order valence-corrected chi connectivity index (χ0v) is 19.2. The van der Waals surface area contributed by atoms with Gasteiger partial charge in [-0.05, 0) is 35.7 Å². The van der Waals surface area contributed by atoms with E-state index in [2.05, 4.69) is 43.9 Å². The standard InChI is InChI=1S/C18H25N3O2S.C6H4F2/c1-13(2)15-16(22)21(12-14-6-4-3-5-7-14)18(19-15)8-10-20(11-9-18)17(23)24;7-5-1-2-6(8)4-3-5/h3-7,13,15,19H,8-12H2,1-2H3,(H,23,24);1-4H. The average molecular weight is 462 g/mol. The number of amides is 2. The third kappa shape index (κ3) is 5.66. The van der Waals surface area contributed by atoms with Gasteiger partial charge in [-0.25, -0.2) is 8.78 Å². The molecule has 0 aromatic heterocycles. The summed E-state index contributed by atoms with van der Waals surface area (Å²) in [4.78, 5) is 28.2. The highest BCUT2D eigenvalue weighted by Gasteiger charge is 2.52. The van der Waals surface area contributed by atoms with Crippen molar-refractivity contribution in [2.45, 2.75) is 44.9 Å². The maximum Gasteiger partial charge on any atom is 0.278 e. The van der Waals surface area contributed by atoms with Crippen molar-refractivity contribution < 1.29 is 18.4 Å². The number of carbonyl (C=O) groups excluding carboxylic acids is 2. The van der Waals surface area contributed by atoms with Crippen LogP contribution >= 0.6 is 12.6 Å². The van der Waals surface area contributed by atoms with E-state index >= 15 is 0 Å². The van der Waals surface area contributed by atoms with Crippen LogP contribution in [0, 0.1) is 17.6 Å². The molecule has 1 unspecified atom stereocenters. The number of likely N-dealkylation sites (tertiary alicyclic amines) is 1. The molecule has 2 aromatic rings. The summed E-state index contributed by atoms with van der Waals surface area (Å²) in [6.07, 6.45) is 1.47. The molecule has 1 atom stereocenters. The molecule has 2 saturated heterocycles. The smallest absolute Gasteiger partial charge is 0.278 e. The normalized spacial score (nSPS) is 19.8. The number of rotatable bonds is 3. The Balaban J connectivity index is 0.000000305. The number of benzene rings is 2. The van der Waals surface area contributed by atoms with Crippen LogP contribution in [0.4, 0.5) is 13.6 Å². The topological polar surface area (TPSA) is 52.7 Å². The van der Waals surface area contributed by atoms with Crippen molar-refractivity contribution in [1.82, 2.24) is 15.1 Å². The third-order valence-electron chi connectivity index (χ3n) is 5.99. The molecular formula is C24H29F2N3O2S. The second-order valence-electron chi connectivity index (χ2n) is 8.51. The van der Waals surface area contributed by atoms with E-state index in [1.54, 1.807) is 4.90 Å². The van der Waals surface area contributed by atoms with E-state index in [4.69, 9.17) is 0 Å². The summed E-state index contributed by atoms with van der Waals surface area (Å²) in [5, 5.41) is 3.41. The number of piperidine rings is 1. The number of nitrogens with zero attached hydrogens (tertiary/aromatic N) is 2. The Morgan fingerprint density at radius 2 is 1.59 bits per heavy atom. The molecule has 2 fully saturated rings. The highest BCUT2D eigenvalue weighted by molar-refractivity contribution is 7.96. The molecule has 0 bridgehead atoms. The molecule has 1 spiro atoms. The summed E-state index contributed by atoms with van der Waals surface area (Å²) in [5.41, 5.74) is 0.769. The monoisotopic (exact) mass is 461 g/mol.